The molecule has 4 rings (SSSR count). The second-order valence-corrected chi connectivity index (χ2v) is 7.30. The highest BCUT2D eigenvalue weighted by atomic mass is 35.5. The highest BCUT2D eigenvalue weighted by Crippen LogP contribution is 2.36. The number of rotatable bonds is 1. The summed E-state index contributed by atoms with van der Waals surface area (Å²) < 4.78 is 2.05. The van der Waals surface area contributed by atoms with Crippen molar-refractivity contribution >= 4 is 28.6 Å². The lowest BCUT2D eigenvalue weighted by Gasteiger charge is -2.09. The average molecular weight is 383 g/mol. The normalized spacial score (nSPS) is 12.5. The van der Waals surface area contributed by atoms with Crippen LogP contribution in [0.5, 0.6) is 0 Å². The van der Waals surface area contributed by atoms with Crippen LogP contribution < -0.4 is 0 Å². The van der Waals surface area contributed by atoms with Gasteiger partial charge in [0.1, 0.15) is 24.0 Å². The molecule has 7 heteroatoms. The molecule has 3 heterocycles. The van der Waals surface area contributed by atoms with Gasteiger partial charge in [-0.1, -0.05) is 35.6 Å². The first-order chi connectivity index (χ1) is 12.6. The van der Waals surface area contributed by atoms with E-state index in [0.717, 1.165) is 43.9 Å². The number of aryl methyl sites for hydroxylation is 1. The molecule has 3 aromatic rings. The summed E-state index contributed by atoms with van der Waals surface area (Å²) in [5.41, 5.74) is 3.96. The molecule has 0 saturated carbocycles. The first kappa shape index (κ1) is 17.0. The molecule has 0 radical (unpaired) electrons. The molecule has 1 aliphatic rings. The molecule has 0 unspecified atom stereocenters. The van der Waals surface area contributed by atoms with Crippen LogP contribution in [0, 0.1) is 25.7 Å². The number of aliphatic hydroxyl groups excluding tert-OH is 1. The minimum absolute atomic E-state index is 0.170. The van der Waals surface area contributed by atoms with E-state index in [0.29, 0.717) is 11.6 Å². The summed E-state index contributed by atoms with van der Waals surface area (Å²) in [5, 5.41) is 19.2. The standard InChI is InChI=1S/C19H15ClN4OS/c1-11-15(4-3-9-25)26-19-17(11)18(13-5-7-14(20)8-6-13)21-10-16-23-22-12(2)24(16)19/h5-8,25H,9-10H2,1-2H3. The molecule has 130 valence electrons. The fourth-order valence-electron chi connectivity index (χ4n) is 3.02. The van der Waals surface area contributed by atoms with Crippen molar-refractivity contribution < 1.29 is 5.11 Å². The van der Waals surface area contributed by atoms with Gasteiger partial charge >= 0.3 is 0 Å². The van der Waals surface area contributed by atoms with Crippen molar-refractivity contribution in [3.8, 4) is 16.8 Å². The van der Waals surface area contributed by atoms with E-state index >= 15 is 0 Å². The maximum atomic E-state index is 9.06. The molecular weight excluding hydrogens is 368 g/mol. The topological polar surface area (TPSA) is 63.3 Å². The van der Waals surface area contributed by atoms with Gasteiger partial charge in [-0.3, -0.25) is 9.56 Å². The number of halogens is 1. The molecule has 0 spiro atoms. The summed E-state index contributed by atoms with van der Waals surface area (Å²) in [5.74, 6) is 7.41. The number of hydrogen-bond donors (Lipinski definition) is 1. The molecule has 0 saturated heterocycles. The van der Waals surface area contributed by atoms with Crippen molar-refractivity contribution in [1.82, 2.24) is 14.8 Å². The van der Waals surface area contributed by atoms with Gasteiger partial charge in [-0.15, -0.1) is 21.5 Å². The molecule has 2 aromatic heterocycles. The average Bonchev–Trinajstić information content (AvgIpc) is 3.09. The number of aliphatic imine (C=N–C) groups is 1. The van der Waals surface area contributed by atoms with Crippen molar-refractivity contribution in [2.75, 3.05) is 6.61 Å². The number of benzene rings is 1. The molecule has 0 aliphatic carbocycles. The predicted octanol–water partition coefficient (Wildman–Crippen LogP) is 3.29. The van der Waals surface area contributed by atoms with E-state index in [1.807, 2.05) is 42.7 Å². The van der Waals surface area contributed by atoms with E-state index in [1.54, 1.807) is 11.3 Å². The third kappa shape index (κ3) is 2.74. The Balaban J connectivity index is 1.99. The lowest BCUT2D eigenvalue weighted by atomic mass is 10.00. The summed E-state index contributed by atoms with van der Waals surface area (Å²) in [6, 6.07) is 7.67. The molecule has 5 nitrogen and oxygen atoms in total. The van der Waals surface area contributed by atoms with E-state index in [4.69, 9.17) is 21.7 Å². The summed E-state index contributed by atoms with van der Waals surface area (Å²) >= 11 is 7.62. The molecular formula is C19H15ClN4OS. The zero-order valence-electron chi connectivity index (χ0n) is 14.2. The Morgan fingerprint density at radius 1 is 1.23 bits per heavy atom. The van der Waals surface area contributed by atoms with Crippen molar-refractivity contribution in [3.63, 3.8) is 0 Å². The van der Waals surface area contributed by atoms with E-state index in [9.17, 15) is 0 Å². The highest BCUT2D eigenvalue weighted by molar-refractivity contribution is 7.15. The zero-order valence-corrected chi connectivity index (χ0v) is 15.8. The van der Waals surface area contributed by atoms with Gasteiger partial charge in [0, 0.05) is 16.1 Å². The van der Waals surface area contributed by atoms with Gasteiger partial charge in [0.25, 0.3) is 0 Å². The molecule has 26 heavy (non-hydrogen) atoms. The van der Waals surface area contributed by atoms with Gasteiger partial charge in [-0.2, -0.15) is 0 Å². The molecule has 1 N–H and O–H groups in total. The second-order valence-electron chi connectivity index (χ2n) is 5.87. The Hall–Kier alpha value is -2.46. The predicted molar refractivity (Wildman–Crippen MR) is 103 cm³/mol. The molecule has 0 amide bonds. The van der Waals surface area contributed by atoms with E-state index in [-0.39, 0.29) is 6.61 Å². The Bertz CT molecular complexity index is 1080. The van der Waals surface area contributed by atoms with Crippen molar-refractivity contribution in [1.29, 1.82) is 0 Å². The Morgan fingerprint density at radius 2 is 2.00 bits per heavy atom. The smallest absolute Gasteiger partial charge is 0.160 e. The van der Waals surface area contributed by atoms with Gasteiger partial charge < -0.3 is 5.11 Å². The van der Waals surface area contributed by atoms with Crippen LogP contribution in [0.3, 0.4) is 0 Å². The van der Waals surface area contributed by atoms with Crippen LogP contribution in [0.4, 0.5) is 0 Å². The minimum Gasteiger partial charge on any atom is -0.384 e. The summed E-state index contributed by atoms with van der Waals surface area (Å²) in [7, 11) is 0. The Morgan fingerprint density at radius 3 is 2.73 bits per heavy atom. The highest BCUT2D eigenvalue weighted by Gasteiger charge is 2.27. The number of hydrogen-bond acceptors (Lipinski definition) is 5. The van der Waals surface area contributed by atoms with Crippen LogP contribution in [-0.4, -0.2) is 32.2 Å². The Labute approximate surface area is 160 Å². The van der Waals surface area contributed by atoms with E-state index in [2.05, 4.69) is 22.0 Å². The van der Waals surface area contributed by atoms with Crippen molar-refractivity contribution in [3.05, 3.63) is 62.5 Å². The van der Waals surface area contributed by atoms with Gasteiger partial charge in [-0.05, 0) is 31.5 Å². The number of aromatic nitrogens is 3. The first-order valence-corrected chi connectivity index (χ1v) is 9.24. The molecule has 0 atom stereocenters. The number of fused-ring (bicyclic) bond motifs is 3. The van der Waals surface area contributed by atoms with Crippen LogP contribution >= 0.6 is 22.9 Å². The van der Waals surface area contributed by atoms with Crippen LogP contribution in [-0.2, 0) is 6.54 Å². The van der Waals surface area contributed by atoms with Gasteiger partial charge in [-0.25, -0.2) is 0 Å². The van der Waals surface area contributed by atoms with E-state index in [1.165, 1.54) is 0 Å². The van der Waals surface area contributed by atoms with Crippen LogP contribution in [0.1, 0.15) is 33.2 Å². The summed E-state index contributed by atoms with van der Waals surface area (Å²) in [6.45, 7) is 4.25. The van der Waals surface area contributed by atoms with Crippen molar-refractivity contribution in [2.45, 2.75) is 20.4 Å². The van der Waals surface area contributed by atoms with Gasteiger partial charge in [0.2, 0.25) is 0 Å². The largest absolute Gasteiger partial charge is 0.384 e. The molecule has 1 aromatic carbocycles. The Kier molecular flexibility index (Phi) is 4.37. The quantitative estimate of drug-likeness (QED) is 0.657. The third-order valence-electron chi connectivity index (χ3n) is 4.24. The maximum absolute atomic E-state index is 9.06. The zero-order chi connectivity index (χ0) is 18.3. The van der Waals surface area contributed by atoms with Crippen molar-refractivity contribution in [2.24, 2.45) is 4.99 Å². The molecule has 0 bridgehead atoms. The lowest BCUT2D eigenvalue weighted by Crippen LogP contribution is -2.07. The molecule has 1 aliphatic heterocycles. The molecule has 0 fully saturated rings. The monoisotopic (exact) mass is 382 g/mol. The van der Waals surface area contributed by atoms with Crippen LogP contribution in [0.25, 0.3) is 5.00 Å². The van der Waals surface area contributed by atoms with Gasteiger partial charge in [0.05, 0.1) is 10.6 Å². The van der Waals surface area contributed by atoms with E-state index < -0.39 is 0 Å². The maximum Gasteiger partial charge on any atom is 0.160 e. The third-order valence-corrected chi connectivity index (χ3v) is 5.68. The number of nitrogens with zero attached hydrogens (tertiary/aromatic N) is 4. The van der Waals surface area contributed by atoms with Crippen LogP contribution in [0.2, 0.25) is 5.02 Å². The first-order valence-electron chi connectivity index (χ1n) is 8.05. The number of aliphatic hydroxyl groups is 1. The minimum atomic E-state index is -0.170. The SMILES string of the molecule is Cc1c(C#CCO)sc2c1C(c1ccc(Cl)cc1)=NCc1nnc(C)n1-2. The van der Waals surface area contributed by atoms with Gasteiger partial charge in [0.15, 0.2) is 5.82 Å². The number of thiophene rings is 1. The van der Waals surface area contributed by atoms with Crippen LogP contribution in [0.15, 0.2) is 29.3 Å². The summed E-state index contributed by atoms with van der Waals surface area (Å²) in [6.07, 6.45) is 0. The fraction of sp³-hybridized carbons (Fsp3) is 0.211. The lowest BCUT2D eigenvalue weighted by molar-refractivity contribution is 0.350. The summed E-state index contributed by atoms with van der Waals surface area (Å²) in [4.78, 5) is 5.74. The second kappa shape index (κ2) is 6.69. The fourth-order valence-corrected chi connectivity index (χ4v) is 4.40.